The van der Waals surface area contributed by atoms with Crippen LogP contribution < -0.4 is 16.0 Å². The highest BCUT2D eigenvalue weighted by molar-refractivity contribution is 6.35. The minimum absolute atomic E-state index is 0.184. The highest BCUT2D eigenvalue weighted by atomic mass is 16.2. The maximum atomic E-state index is 11.1. The van der Waals surface area contributed by atoms with Crippen LogP contribution in [0.5, 0.6) is 0 Å². The maximum absolute atomic E-state index is 11.1. The first-order valence-corrected chi connectivity index (χ1v) is 4.53. The number of hydrogen-bond acceptors (Lipinski definition) is 3. The van der Waals surface area contributed by atoms with Gasteiger partial charge in [0.25, 0.3) is 0 Å². The van der Waals surface area contributed by atoms with E-state index in [0.717, 1.165) is 25.9 Å². The van der Waals surface area contributed by atoms with Crippen LogP contribution in [0, 0.1) is 0 Å². The summed E-state index contributed by atoms with van der Waals surface area (Å²) in [6.45, 7) is 2.37. The molecule has 2 aliphatic heterocycles. The van der Waals surface area contributed by atoms with Gasteiger partial charge in [0.15, 0.2) is 0 Å². The average molecular weight is 183 g/mol. The molecule has 5 heteroatoms. The van der Waals surface area contributed by atoms with E-state index in [4.69, 9.17) is 0 Å². The topological polar surface area (TPSA) is 70.2 Å². The predicted molar refractivity (Wildman–Crippen MR) is 46.0 cm³/mol. The van der Waals surface area contributed by atoms with Gasteiger partial charge in [-0.2, -0.15) is 0 Å². The van der Waals surface area contributed by atoms with Gasteiger partial charge in [-0.1, -0.05) is 0 Å². The molecule has 0 bridgehead atoms. The minimum atomic E-state index is -0.510. The van der Waals surface area contributed by atoms with Gasteiger partial charge in [0, 0.05) is 6.54 Å². The number of carbonyl (C=O) groups excluding carboxylic acids is 2. The number of hydrogen-bond donors (Lipinski definition) is 3. The summed E-state index contributed by atoms with van der Waals surface area (Å²) in [5.74, 6) is -1.00. The lowest BCUT2D eigenvalue weighted by molar-refractivity contribution is -0.143. The Labute approximate surface area is 76.3 Å². The third-order valence-electron chi connectivity index (χ3n) is 2.73. The second kappa shape index (κ2) is 2.99. The standard InChI is InChI=1S/C8H13N3O2/c12-6-7(13)11-8(5-10-6)1-3-9-4-2-8/h9H,1-5H2,(H,10,12)(H,11,13). The van der Waals surface area contributed by atoms with E-state index in [1.807, 2.05) is 0 Å². The first kappa shape index (κ1) is 8.50. The highest BCUT2D eigenvalue weighted by Gasteiger charge is 2.39. The molecule has 3 N–H and O–H groups in total. The number of rotatable bonds is 0. The van der Waals surface area contributed by atoms with Gasteiger partial charge >= 0.3 is 11.8 Å². The van der Waals surface area contributed by atoms with Crippen LogP contribution in [0.3, 0.4) is 0 Å². The summed E-state index contributed by atoms with van der Waals surface area (Å²) in [5, 5.41) is 8.62. The molecule has 2 aliphatic rings. The summed E-state index contributed by atoms with van der Waals surface area (Å²) in [6, 6.07) is 0. The van der Waals surface area contributed by atoms with Crippen LogP contribution in [0.15, 0.2) is 0 Å². The molecule has 2 rings (SSSR count). The van der Waals surface area contributed by atoms with Crippen molar-refractivity contribution in [3.05, 3.63) is 0 Å². The second-order valence-corrected chi connectivity index (χ2v) is 3.67. The molecule has 2 amide bonds. The van der Waals surface area contributed by atoms with Crippen molar-refractivity contribution in [3.8, 4) is 0 Å². The van der Waals surface area contributed by atoms with Gasteiger partial charge in [-0.15, -0.1) is 0 Å². The first-order chi connectivity index (χ1) is 6.22. The number of piperazine rings is 1. The zero-order valence-corrected chi connectivity index (χ0v) is 7.35. The van der Waals surface area contributed by atoms with Crippen molar-refractivity contribution in [1.29, 1.82) is 0 Å². The van der Waals surface area contributed by atoms with E-state index in [1.165, 1.54) is 0 Å². The van der Waals surface area contributed by atoms with Gasteiger partial charge in [-0.05, 0) is 25.9 Å². The van der Waals surface area contributed by atoms with Crippen LogP contribution in [-0.2, 0) is 9.59 Å². The summed E-state index contributed by atoms with van der Waals surface area (Å²) < 4.78 is 0. The van der Waals surface area contributed by atoms with Crippen LogP contribution in [0.1, 0.15) is 12.8 Å². The van der Waals surface area contributed by atoms with E-state index < -0.39 is 11.8 Å². The van der Waals surface area contributed by atoms with Gasteiger partial charge in [0.05, 0.1) is 5.54 Å². The number of carbonyl (C=O) groups is 2. The Morgan fingerprint density at radius 3 is 2.38 bits per heavy atom. The van der Waals surface area contributed by atoms with Gasteiger partial charge < -0.3 is 16.0 Å². The molecule has 0 aliphatic carbocycles. The van der Waals surface area contributed by atoms with Crippen molar-refractivity contribution < 1.29 is 9.59 Å². The smallest absolute Gasteiger partial charge is 0.309 e. The average Bonchev–Trinajstić information content (AvgIpc) is 2.14. The quantitative estimate of drug-likeness (QED) is 0.394. The fourth-order valence-corrected chi connectivity index (χ4v) is 1.88. The molecule has 0 saturated carbocycles. The van der Waals surface area contributed by atoms with Gasteiger partial charge in [-0.3, -0.25) is 9.59 Å². The number of amides is 2. The van der Waals surface area contributed by atoms with Crippen LogP contribution in [0.4, 0.5) is 0 Å². The summed E-state index contributed by atoms with van der Waals surface area (Å²) in [6.07, 6.45) is 1.78. The summed E-state index contributed by atoms with van der Waals surface area (Å²) >= 11 is 0. The van der Waals surface area contributed by atoms with Crippen molar-refractivity contribution >= 4 is 11.8 Å². The third kappa shape index (κ3) is 1.51. The van der Waals surface area contributed by atoms with E-state index in [1.54, 1.807) is 0 Å². The Kier molecular flexibility index (Phi) is 1.95. The normalized spacial score (nSPS) is 26.8. The van der Waals surface area contributed by atoms with E-state index in [2.05, 4.69) is 16.0 Å². The molecule has 0 atom stereocenters. The van der Waals surface area contributed by atoms with Crippen LogP contribution in [0.25, 0.3) is 0 Å². The molecule has 0 aromatic carbocycles. The number of piperidine rings is 1. The molecule has 72 valence electrons. The Bertz CT molecular complexity index is 246. The third-order valence-corrected chi connectivity index (χ3v) is 2.73. The molecule has 5 nitrogen and oxygen atoms in total. The fraction of sp³-hybridized carbons (Fsp3) is 0.750. The summed E-state index contributed by atoms with van der Waals surface area (Å²) in [5.41, 5.74) is -0.184. The van der Waals surface area contributed by atoms with E-state index >= 15 is 0 Å². The van der Waals surface area contributed by atoms with E-state index in [0.29, 0.717) is 6.54 Å². The molecule has 2 saturated heterocycles. The Morgan fingerprint density at radius 2 is 1.77 bits per heavy atom. The van der Waals surface area contributed by atoms with Gasteiger partial charge in [0.1, 0.15) is 0 Å². The monoisotopic (exact) mass is 183 g/mol. The Balaban J connectivity index is 2.07. The Morgan fingerprint density at radius 1 is 1.08 bits per heavy atom. The van der Waals surface area contributed by atoms with E-state index in [9.17, 15) is 9.59 Å². The first-order valence-electron chi connectivity index (χ1n) is 4.53. The number of nitrogens with one attached hydrogen (secondary N) is 3. The van der Waals surface area contributed by atoms with Crippen molar-refractivity contribution in [2.75, 3.05) is 19.6 Å². The lowest BCUT2D eigenvalue weighted by Gasteiger charge is -2.40. The van der Waals surface area contributed by atoms with E-state index in [-0.39, 0.29) is 5.54 Å². The largest absolute Gasteiger partial charge is 0.345 e. The van der Waals surface area contributed by atoms with Crippen LogP contribution >= 0.6 is 0 Å². The molecule has 2 heterocycles. The molecule has 0 aromatic rings. The highest BCUT2D eigenvalue weighted by Crippen LogP contribution is 2.18. The molecule has 0 unspecified atom stereocenters. The van der Waals surface area contributed by atoms with Gasteiger partial charge in [-0.25, -0.2) is 0 Å². The lowest BCUT2D eigenvalue weighted by atomic mass is 9.87. The SMILES string of the molecule is O=C1NCC2(CCNCC2)NC1=O. The van der Waals surface area contributed by atoms with Crippen LogP contribution in [0.2, 0.25) is 0 Å². The summed E-state index contributed by atoms with van der Waals surface area (Å²) in [4.78, 5) is 22.0. The lowest BCUT2D eigenvalue weighted by Crippen LogP contribution is -2.67. The van der Waals surface area contributed by atoms with Crippen molar-refractivity contribution in [1.82, 2.24) is 16.0 Å². The zero-order valence-electron chi connectivity index (χ0n) is 7.35. The molecule has 1 spiro atoms. The predicted octanol–water partition coefficient (Wildman–Crippen LogP) is -1.65. The van der Waals surface area contributed by atoms with Crippen molar-refractivity contribution in [3.63, 3.8) is 0 Å². The van der Waals surface area contributed by atoms with Crippen molar-refractivity contribution in [2.45, 2.75) is 18.4 Å². The molecule has 0 aromatic heterocycles. The second-order valence-electron chi connectivity index (χ2n) is 3.67. The molecular weight excluding hydrogens is 170 g/mol. The zero-order chi connectivity index (χ0) is 9.31. The summed E-state index contributed by atoms with van der Waals surface area (Å²) in [7, 11) is 0. The Hall–Kier alpha value is -1.10. The molecule has 2 fully saturated rings. The molecule has 0 radical (unpaired) electrons. The van der Waals surface area contributed by atoms with Gasteiger partial charge in [0.2, 0.25) is 0 Å². The molecule has 13 heavy (non-hydrogen) atoms. The molecular formula is C8H13N3O2. The minimum Gasteiger partial charge on any atom is -0.345 e. The van der Waals surface area contributed by atoms with Crippen LogP contribution in [-0.4, -0.2) is 37.0 Å². The fourth-order valence-electron chi connectivity index (χ4n) is 1.88. The van der Waals surface area contributed by atoms with Crippen molar-refractivity contribution in [2.24, 2.45) is 0 Å². The maximum Gasteiger partial charge on any atom is 0.309 e.